The van der Waals surface area contributed by atoms with E-state index in [9.17, 15) is 0 Å². The standard InChI is InChI=1S/C19H29BO5/c1-18(2)19(3,4)25-20(24-18)14-6-8-15(9-7-14)23-13-17-12-16(21-5)10-11-22-17/h6-9,16-17H,10-13H2,1-5H3. The van der Waals surface area contributed by atoms with Gasteiger partial charge in [0.25, 0.3) is 0 Å². The van der Waals surface area contributed by atoms with E-state index in [-0.39, 0.29) is 30.5 Å². The van der Waals surface area contributed by atoms with Gasteiger partial charge in [-0.2, -0.15) is 0 Å². The Hall–Kier alpha value is -1.08. The van der Waals surface area contributed by atoms with Crippen LogP contribution in [-0.2, 0) is 18.8 Å². The van der Waals surface area contributed by atoms with Crippen LogP contribution in [0.3, 0.4) is 0 Å². The average molecular weight is 348 g/mol. The lowest BCUT2D eigenvalue weighted by Gasteiger charge is -2.32. The van der Waals surface area contributed by atoms with E-state index in [1.807, 2.05) is 24.3 Å². The van der Waals surface area contributed by atoms with Crippen molar-refractivity contribution in [2.45, 2.75) is 63.9 Å². The van der Waals surface area contributed by atoms with E-state index < -0.39 is 0 Å². The Kier molecular flexibility index (Phi) is 5.44. The summed E-state index contributed by atoms with van der Waals surface area (Å²) in [6.07, 6.45) is 2.19. The predicted molar refractivity (Wildman–Crippen MR) is 97.4 cm³/mol. The van der Waals surface area contributed by atoms with Crippen LogP contribution >= 0.6 is 0 Å². The third kappa shape index (κ3) is 4.19. The van der Waals surface area contributed by atoms with Crippen LogP contribution in [0, 0.1) is 0 Å². The molecule has 6 heteroatoms. The van der Waals surface area contributed by atoms with Gasteiger partial charge in [0.15, 0.2) is 0 Å². The van der Waals surface area contributed by atoms with Gasteiger partial charge in [0.05, 0.1) is 23.4 Å². The minimum Gasteiger partial charge on any atom is -0.491 e. The number of rotatable bonds is 5. The highest BCUT2D eigenvalue weighted by molar-refractivity contribution is 6.62. The van der Waals surface area contributed by atoms with Crippen molar-refractivity contribution in [2.24, 2.45) is 0 Å². The molecule has 0 aromatic heterocycles. The van der Waals surface area contributed by atoms with E-state index in [0.717, 1.165) is 30.7 Å². The van der Waals surface area contributed by atoms with Gasteiger partial charge in [-0.05, 0) is 51.7 Å². The molecule has 0 bridgehead atoms. The van der Waals surface area contributed by atoms with Crippen LogP contribution in [0.2, 0.25) is 0 Å². The lowest BCUT2D eigenvalue weighted by molar-refractivity contribution is -0.0724. The molecule has 0 aliphatic carbocycles. The zero-order chi connectivity index (χ0) is 18.1. The molecule has 2 aliphatic heterocycles. The Morgan fingerprint density at radius 1 is 1.08 bits per heavy atom. The Morgan fingerprint density at radius 3 is 2.32 bits per heavy atom. The number of ether oxygens (including phenoxy) is 3. The fourth-order valence-corrected chi connectivity index (χ4v) is 3.06. The Labute approximate surface area is 151 Å². The number of methoxy groups -OCH3 is 1. The zero-order valence-electron chi connectivity index (χ0n) is 15.9. The summed E-state index contributed by atoms with van der Waals surface area (Å²) in [5.74, 6) is 0.823. The van der Waals surface area contributed by atoms with E-state index in [4.69, 9.17) is 23.5 Å². The van der Waals surface area contributed by atoms with Gasteiger partial charge in [-0.1, -0.05) is 12.1 Å². The zero-order valence-corrected chi connectivity index (χ0v) is 15.9. The summed E-state index contributed by atoms with van der Waals surface area (Å²) >= 11 is 0. The molecule has 2 atom stereocenters. The maximum Gasteiger partial charge on any atom is 0.494 e. The molecule has 2 fully saturated rings. The van der Waals surface area contributed by atoms with Crippen molar-refractivity contribution >= 4 is 12.6 Å². The Balaban J connectivity index is 1.54. The van der Waals surface area contributed by atoms with Crippen LogP contribution < -0.4 is 10.2 Å². The molecule has 1 aromatic carbocycles. The third-order valence-electron chi connectivity index (χ3n) is 5.49. The highest BCUT2D eigenvalue weighted by Crippen LogP contribution is 2.36. The summed E-state index contributed by atoms with van der Waals surface area (Å²) in [6, 6.07) is 7.91. The minimum absolute atomic E-state index is 0.0847. The fourth-order valence-electron chi connectivity index (χ4n) is 3.06. The van der Waals surface area contributed by atoms with E-state index in [1.54, 1.807) is 7.11 Å². The second kappa shape index (κ2) is 7.27. The topological polar surface area (TPSA) is 46.2 Å². The first-order valence-corrected chi connectivity index (χ1v) is 9.03. The molecule has 2 saturated heterocycles. The van der Waals surface area contributed by atoms with E-state index in [0.29, 0.717) is 6.61 Å². The molecule has 2 heterocycles. The lowest BCUT2D eigenvalue weighted by Crippen LogP contribution is -2.41. The maximum atomic E-state index is 6.07. The van der Waals surface area contributed by atoms with Crippen LogP contribution in [0.15, 0.2) is 24.3 Å². The molecule has 138 valence electrons. The normalized spacial score (nSPS) is 28.1. The molecule has 5 nitrogen and oxygen atoms in total. The largest absolute Gasteiger partial charge is 0.494 e. The van der Waals surface area contributed by atoms with Crippen molar-refractivity contribution in [3.8, 4) is 5.75 Å². The van der Waals surface area contributed by atoms with Crippen molar-refractivity contribution in [1.29, 1.82) is 0 Å². The molecule has 25 heavy (non-hydrogen) atoms. The smallest absolute Gasteiger partial charge is 0.491 e. The quantitative estimate of drug-likeness (QED) is 0.766. The molecule has 2 unspecified atom stereocenters. The Morgan fingerprint density at radius 2 is 1.72 bits per heavy atom. The first-order valence-electron chi connectivity index (χ1n) is 9.03. The van der Waals surface area contributed by atoms with Gasteiger partial charge in [0, 0.05) is 20.1 Å². The number of hydrogen-bond donors (Lipinski definition) is 0. The van der Waals surface area contributed by atoms with Crippen molar-refractivity contribution in [3.05, 3.63) is 24.3 Å². The summed E-state index contributed by atoms with van der Waals surface area (Å²) in [5, 5.41) is 0. The minimum atomic E-state index is -0.344. The fraction of sp³-hybridized carbons (Fsp3) is 0.684. The van der Waals surface area contributed by atoms with Gasteiger partial charge in [0.2, 0.25) is 0 Å². The summed E-state index contributed by atoms with van der Waals surface area (Å²) in [4.78, 5) is 0. The first-order chi connectivity index (χ1) is 11.8. The first kappa shape index (κ1) is 18.7. The van der Waals surface area contributed by atoms with Crippen molar-refractivity contribution in [2.75, 3.05) is 20.3 Å². The molecular weight excluding hydrogens is 319 g/mol. The SMILES string of the molecule is COC1CCOC(COc2ccc(B3OC(C)(C)C(C)(C)O3)cc2)C1. The average Bonchev–Trinajstić information content (AvgIpc) is 2.81. The second-order valence-electron chi connectivity index (χ2n) is 7.84. The molecule has 0 spiro atoms. The molecule has 0 amide bonds. The highest BCUT2D eigenvalue weighted by atomic mass is 16.7. The van der Waals surface area contributed by atoms with Gasteiger partial charge < -0.3 is 23.5 Å². The van der Waals surface area contributed by atoms with Gasteiger partial charge >= 0.3 is 7.12 Å². The monoisotopic (exact) mass is 348 g/mol. The highest BCUT2D eigenvalue weighted by Gasteiger charge is 2.51. The van der Waals surface area contributed by atoms with Gasteiger partial charge in [-0.15, -0.1) is 0 Å². The molecule has 0 radical (unpaired) electrons. The third-order valence-corrected chi connectivity index (χ3v) is 5.49. The number of hydrogen-bond acceptors (Lipinski definition) is 5. The van der Waals surface area contributed by atoms with Crippen molar-refractivity contribution in [3.63, 3.8) is 0 Å². The summed E-state index contributed by atoms with van der Waals surface area (Å²) in [7, 11) is 1.41. The van der Waals surface area contributed by atoms with E-state index in [1.165, 1.54) is 0 Å². The summed E-state index contributed by atoms with van der Waals surface area (Å²) < 4.78 is 29.2. The summed E-state index contributed by atoms with van der Waals surface area (Å²) in [6.45, 7) is 9.50. The molecular formula is C19H29BO5. The van der Waals surface area contributed by atoms with Gasteiger partial charge in [-0.25, -0.2) is 0 Å². The van der Waals surface area contributed by atoms with Crippen LogP contribution in [0.4, 0.5) is 0 Å². The summed E-state index contributed by atoms with van der Waals surface area (Å²) in [5.41, 5.74) is 0.339. The molecule has 3 rings (SSSR count). The van der Waals surface area contributed by atoms with Crippen LogP contribution in [0.5, 0.6) is 5.75 Å². The van der Waals surface area contributed by atoms with Crippen molar-refractivity contribution in [1.82, 2.24) is 0 Å². The van der Waals surface area contributed by atoms with Crippen LogP contribution in [0.25, 0.3) is 0 Å². The van der Waals surface area contributed by atoms with Crippen LogP contribution in [-0.4, -0.2) is 50.9 Å². The molecule has 0 saturated carbocycles. The second-order valence-corrected chi connectivity index (χ2v) is 7.84. The molecule has 2 aliphatic rings. The predicted octanol–water partition coefficient (Wildman–Crippen LogP) is 2.56. The lowest BCUT2D eigenvalue weighted by atomic mass is 9.79. The van der Waals surface area contributed by atoms with Gasteiger partial charge in [-0.3, -0.25) is 0 Å². The van der Waals surface area contributed by atoms with Crippen molar-refractivity contribution < 1.29 is 23.5 Å². The van der Waals surface area contributed by atoms with Crippen LogP contribution in [0.1, 0.15) is 40.5 Å². The van der Waals surface area contributed by atoms with E-state index >= 15 is 0 Å². The Bertz CT molecular complexity index is 556. The maximum absolute atomic E-state index is 6.07. The molecule has 0 N–H and O–H groups in total. The van der Waals surface area contributed by atoms with Gasteiger partial charge in [0.1, 0.15) is 12.4 Å². The number of benzene rings is 1. The molecule has 1 aromatic rings. The van der Waals surface area contributed by atoms with E-state index in [2.05, 4.69) is 27.7 Å².